The molecule has 0 atom stereocenters. The van der Waals surface area contributed by atoms with Gasteiger partial charge in [0.25, 0.3) is 0 Å². The highest BCUT2D eigenvalue weighted by molar-refractivity contribution is 5.88. The predicted molar refractivity (Wildman–Crippen MR) is 168 cm³/mol. The van der Waals surface area contributed by atoms with E-state index in [2.05, 4.69) is 0 Å². The van der Waals surface area contributed by atoms with Gasteiger partial charge >= 0.3 is 12.1 Å². The number of carboxylic acids is 1. The van der Waals surface area contributed by atoms with Crippen LogP contribution in [-0.2, 0) is 11.3 Å². The van der Waals surface area contributed by atoms with Crippen molar-refractivity contribution in [3.63, 3.8) is 0 Å². The maximum atomic E-state index is 13.5. The average Bonchev–Trinajstić information content (AvgIpc) is 2.95. The third kappa shape index (κ3) is 8.36. The number of aromatic carboxylic acids is 1. The summed E-state index contributed by atoms with van der Waals surface area (Å²) in [6, 6.07) is 28.6. The number of carbonyl (C=O) groups excluding carboxylic acids is 1. The van der Waals surface area contributed by atoms with Crippen LogP contribution in [0, 0.1) is 0 Å². The van der Waals surface area contributed by atoms with Crippen molar-refractivity contribution >= 4 is 34.6 Å². The summed E-state index contributed by atoms with van der Waals surface area (Å²) in [6.45, 7) is 6.34. The topological polar surface area (TPSA) is 79.3 Å². The zero-order valence-electron chi connectivity index (χ0n) is 24.8. The second kappa shape index (κ2) is 13.3. The molecule has 0 aliphatic carbocycles. The minimum Gasteiger partial charge on any atom is -0.489 e. The first-order valence-electron chi connectivity index (χ1n) is 13.9. The fourth-order valence-corrected chi connectivity index (χ4v) is 4.46. The highest BCUT2D eigenvalue weighted by atomic mass is 16.6. The molecule has 0 aliphatic heterocycles. The number of amides is 1. The minimum atomic E-state index is -0.985. The van der Waals surface area contributed by atoms with Crippen LogP contribution in [0.5, 0.6) is 5.75 Å². The number of hydrogen-bond donors (Lipinski definition) is 1. The van der Waals surface area contributed by atoms with Gasteiger partial charge in [-0.05, 0) is 73.2 Å². The molecule has 7 nitrogen and oxygen atoms in total. The van der Waals surface area contributed by atoms with Crippen LogP contribution in [0.25, 0.3) is 16.8 Å². The lowest BCUT2D eigenvalue weighted by molar-refractivity contribution is 0.0248. The fourth-order valence-electron chi connectivity index (χ4n) is 4.46. The Labute approximate surface area is 247 Å². The van der Waals surface area contributed by atoms with E-state index in [1.54, 1.807) is 29.2 Å². The standard InChI is InChI=1S/C35H38N2O5/c1-35(2,3)42-34(40)37(22-26-15-19-30(20-16-26)36(4)5)23-27(21-25-13-17-29(18-14-25)33(38)39)24-41-32-12-8-10-28-9-6-7-11-31(28)32/h6-21H,22-24H2,1-5H3,(H,38,39). The fraction of sp³-hybridized carbons (Fsp3) is 0.257. The van der Waals surface area contributed by atoms with Crippen LogP contribution in [0.2, 0.25) is 0 Å². The third-order valence-corrected chi connectivity index (χ3v) is 6.56. The molecule has 0 heterocycles. The van der Waals surface area contributed by atoms with E-state index in [1.165, 1.54) is 0 Å². The first-order chi connectivity index (χ1) is 20.0. The molecule has 1 N–H and O–H groups in total. The number of ether oxygens (including phenoxy) is 2. The van der Waals surface area contributed by atoms with Crippen molar-refractivity contribution < 1.29 is 24.2 Å². The summed E-state index contributed by atoms with van der Waals surface area (Å²) in [6.07, 6.45) is 1.50. The number of fused-ring (bicyclic) bond motifs is 1. The SMILES string of the molecule is CN(C)c1ccc(CN(CC(=Cc2ccc(C(=O)O)cc2)COc2cccc3ccccc23)C(=O)OC(C)(C)C)cc1. The number of rotatable bonds is 10. The van der Waals surface area contributed by atoms with Gasteiger partial charge in [-0.3, -0.25) is 4.90 Å². The predicted octanol–water partition coefficient (Wildman–Crippen LogP) is 7.50. The molecule has 0 unspecified atom stereocenters. The Kier molecular flexibility index (Phi) is 9.53. The van der Waals surface area contributed by atoms with Gasteiger partial charge in [0, 0.05) is 38.3 Å². The summed E-state index contributed by atoms with van der Waals surface area (Å²) in [5, 5.41) is 11.4. The Morgan fingerprint density at radius 2 is 1.52 bits per heavy atom. The van der Waals surface area contributed by atoms with E-state index in [0.717, 1.165) is 38.9 Å². The average molecular weight is 567 g/mol. The number of hydrogen-bond acceptors (Lipinski definition) is 5. The van der Waals surface area contributed by atoms with Crippen molar-refractivity contribution in [3.05, 3.63) is 113 Å². The molecule has 42 heavy (non-hydrogen) atoms. The molecule has 0 bridgehead atoms. The highest BCUT2D eigenvalue weighted by Crippen LogP contribution is 2.26. The second-order valence-corrected chi connectivity index (χ2v) is 11.4. The summed E-state index contributed by atoms with van der Waals surface area (Å²) < 4.78 is 12.1. The summed E-state index contributed by atoms with van der Waals surface area (Å²) in [7, 11) is 3.97. The molecule has 0 saturated heterocycles. The summed E-state index contributed by atoms with van der Waals surface area (Å²) in [4.78, 5) is 28.5. The Morgan fingerprint density at radius 3 is 2.17 bits per heavy atom. The zero-order chi connectivity index (χ0) is 30.3. The summed E-state index contributed by atoms with van der Waals surface area (Å²) in [5.41, 5.74) is 3.19. The Hall–Kier alpha value is -4.78. The van der Waals surface area contributed by atoms with Gasteiger partial charge in [0.15, 0.2) is 0 Å². The minimum absolute atomic E-state index is 0.206. The first kappa shape index (κ1) is 30.2. The largest absolute Gasteiger partial charge is 0.489 e. The van der Waals surface area contributed by atoms with Gasteiger partial charge in [-0.25, -0.2) is 9.59 Å². The Balaban J connectivity index is 1.66. The molecule has 0 saturated carbocycles. The zero-order valence-corrected chi connectivity index (χ0v) is 24.8. The van der Waals surface area contributed by atoms with E-state index < -0.39 is 17.7 Å². The van der Waals surface area contributed by atoms with Gasteiger partial charge in [-0.2, -0.15) is 0 Å². The number of carboxylic acid groups (broad SMARTS) is 1. The van der Waals surface area contributed by atoms with Crippen LogP contribution < -0.4 is 9.64 Å². The Bertz CT molecular complexity index is 1550. The van der Waals surface area contributed by atoms with Crippen molar-refractivity contribution in [2.45, 2.75) is 32.9 Å². The Morgan fingerprint density at radius 1 is 0.857 bits per heavy atom. The molecule has 4 aromatic carbocycles. The van der Waals surface area contributed by atoms with Crippen molar-refractivity contribution in [2.24, 2.45) is 0 Å². The lowest BCUT2D eigenvalue weighted by Gasteiger charge is -2.28. The monoisotopic (exact) mass is 566 g/mol. The second-order valence-electron chi connectivity index (χ2n) is 11.4. The maximum absolute atomic E-state index is 13.5. The lowest BCUT2D eigenvalue weighted by atomic mass is 10.1. The van der Waals surface area contributed by atoms with Crippen LogP contribution in [0.15, 0.2) is 96.6 Å². The first-order valence-corrected chi connectivity index (χ1v) is 13.9. The van der Waals surface area contributed by atoms with Crippen LogP contribution >= 0.6 is 0 Å². The van der Waals surface area contributed by atoms with Crippen LogP contribution in [0.3, 0.4) is 0 Å². The van der Waals surface area contributed by atoms with Crippen LogP contribution in [-0.4, -0.2) is 54.9 Å². The van der Waals surface area contributed by atoms with E-state index in [4.69, 9.17) is 9.47 Å². The number of benzene rings is 4. The lowest BCUT2D eigenvalue weighted by Crippen LogP contribution is -2.38. The summed E-state index contributed by atoms with van der Waals surface area (Å²) in [5.74, 6) is -0.246. The van der Waals surface area contributed by atoms with Gasteiger partial charge in [-0.15, -0.1) is 0 Å². The molecule has 4 aromatic rings. The van der Waals surface area contributed by atoms with E-state index >= 15 is 0 Å². The van der Waals surface area contributed by atoms with Crippen molar-refractivity contribution in [1.29, 1.82) is 0 Å². The van der Waals surface area contributed by atoms with Gasteiger partial charge in [-0.1, -0.05) is 66.7 Å². The molecule has 7 heteroatoms. The van der Waals surface area contributed by atoms with Crippen LogP contribution in [0.1, 0.15) is 42.3 Å². The number of carbonyl (C=O) groups is 2. The normalized spacial score (nSPS) is 11.7. The molecular weight excluding hydrogens is 528 g/mol. The molecule has 0 aromatic heterocycles. The van der Waals surface area contributed by atoms with E-state index in [9.17, 15) is 14.7 Å². The molecule has 0 radical (unpaired) electrons. The number of anilines is 1. The molecule has 0 aliphatic rings. The third-order valence-electron chi connectivity index (χ3n) is 6.56. The van der Waals surface area contributed by atoms with Gasteiger partial charge in [0.2, 0.25) is 0 Å². The van der Waals surface area contributed by atoms with Gasteiger partial charge < -0.3 is 19.5 Å². The van der Waals surface area contributed by atoms with Crippen molar-refractivity contribution in [3.8, 4) is 5.75 Å². The highest BCUT2D eigenvalue weighted by Gasteiger charge is 2.24. The van der Waals surface area contributed by atoms with Gasteiger partial charge in [0.05, 0.1) is 5.56 Å². The van der Waals surface area contributed by atoms with Gasteiger partial charge in [0.1, 0.15) is 18.0 Å². The van der Waals surface area contributed by atoms with E-state index in [0.29, 0.717) is 6.54 Å². The summed E-state index contributed by atoms with van der Waals surface area (Å²) >= 11 is 0. The van der Waals surface area contributed by atoms with E-state index in [1.807, 2.05) is 113 Å². The van der Waals surface area contributed by atoms with Crippen molar-refractivity contribution in [2.75, 3.05) is 32.1 Å². The number of nitrogens with zero attached hydrogens (tertiary/aromatic N) is 2. The molecular formula is C35H38N2O5. The quantitative estimate of drug-likeness (QED) is 0.214. The van der Waals surface area contributed by atoms with Crippen LogP contribution in [0.4, 0.5) is 10.5 Å². The van der Waals surface area contributed by atoms with E-state index in [-0.39, 0.29) is 18.7 Å². The van der Waals surface area contributed by atoms with Crippen molar-refractivity contribution in [1.82, 2.24) is 4.90 Å². The maximum Gasteiger partial charge on any atom is 0.410 e. The molecule has 218 valence electrons. The molecule has 0 fully saturated rings. The molecule has 1 amide bonds. The smallest absolute Gasteiger partial charge is 0.410 e. The molecule has 0 spiro atoms. The molecule has 4 rings (SSSR count).